The van der Waals surface area contributed by atoms with Gasteiger partial charge in [0, 0.05) is 0 Å². The first-order valence-corrected chi connectivity index (χ1v) is 13.2. The normalized spacial score (nSPS) is 51.7. The second-order valence-electron chi connectivity index (χ2n) is 13.0. The standard InChI is InChI=1S/C27H48O4/c1-15(2)22(29)7-6-16(3)20-14-24(31)25-18-13-23(30)21-12-17(28)8-10-26(21,4)19(18)9-11-27(20,25)5/h15-25,28-31H,6-14H2,1-5H3/t16-,17+,18-,19?,20?,21?,22+,23+,24-,25?,26-,27-/m1/s1. The van der Waals surface area contributed by atoms with E-state index in [4.69, 9.17) is 0 Å². The van der Waals surface area contributed by atoms with E-state index < -0.39 is 0 Å². The van der Waals surface area contributed by atoms with Gasteiger partial charge in [-0.05, 0) is 110 Å². The summed E-state index contributed by atoms with van der Waals surface area (Å²) in [4.78, 5) is 0. The Bertz CT molecular complexity index is 637. The Morgan fingerprint density at radius 2 is 1.48 bits per heavy atom. The molecule has 4 aliphatic carbocycles. The van der Waals surface area contributed by atoms with Crippen LogP contribution in [0.5, 0.6) is 0 Å². The average molecular weight is 437 g/mol. The molecule has 180 valence electrons. The van der Waals surface area contributed by atoms with Crippen molar-refractivity contribution in [2.75, 3.05) is 0 Å². The molecule has 4 N–H and O–H groups in total. The van der Waals surface area contributed by atoms with Crippen LogP contribution in [0.2, 0.25) is 0 Å². The van der Waals surface area contributed by atoms with Crippen molar-refractivity contribution in [2.45, 2.75) is 117 Å². The molecule has 4 saturated carbocycles. The molecule has 0 aliphatic heterocycles. The van der Waals surface area contributed by atoms with Gasteiger partial charge in [0.15, 0.2) is 0 Å². The van der Waals surface area contributed by atoms with Crippen LogP contribution in [0.25, 0.3) is 0 Å². The van der Waals surface area contributed by atoms with E-state index in [2.05, 4.69) is 34.6 Å². The van der Waals surface area contributed by atoms with E-state index in [1.165, 1.54) is 12.8 Å². The van der Waals surface area contributed by atoms with E-state index in [1.807, 2.05) is 0 Å². The number of hydrogen-bond donors (Lipinski definition) is 4. The Hall–Kier alpha value is -0.160. The van der Waals surface area contributed by atoms with Gasteiger partial charge in [0.1, 0.15) is 0 Å². The molecule has 0 aromatic carbocycles. The van der Waals surface area contributed by atoms with Crippen LogP contribution in [0.1, 0.15) is 92.4 Å². The van der Waals surface area contributed by atoms with Gasteiger partial charge >= 0.3 is 0 Å². The molecule has 4 unspecified atom stereocenters. The molecule has 0 bridgehead atoms. The van der Waals surface area contributed by atoms with Crippen LogP contribution in [-0.2, 0) is 0 Å². The zero-order chi connectivity index (χ0) is 22.7. The summed E-state index contributed by atoms with van der Waals surface area (Å²) in [5, 5.41) is 43.1. The first-order valence-electron chi connectivity index (χ1n) is 13.2. The Balaban J connectivity index is 1.54. The molecule has 0 aromatic rings. The van der Waals surface area contributed by atoms with Crippen LogP contribution in [0.15, 0.2) is 0 Å². The van der Waals surface area contributed by atoms with Crippen molar-refractivity contribution >= 4 is 0 Å². The van der Waals surface area contributed by atoms with Crippen molar-refractivity contribution in [3.8, 4) is 0 Å². The highest BCUT2D eigenvalue weighted by atomic mass is 16.3. The summed E-state index contributed by atoms with van der Waals surface area (Å²) < 4.78 is 0. The topological polar surface area (TPSA) is 80.9 Å². The van der Waals surface area contributed by atoms with Crippen molar-refractivity contribution in [3.63, 3.8) is 0 Å². The first kappa shape index (κ1) is 24.0. The lowest BCUT2D eigenvalue weighted by molar-refractivity contribution is -0.181. The van der Waals surface area contributed by atoms with Gasteiger partial charge in [0.2, 0.25) is 0 Å². The molecule has 0 heterocycles. The summed E-state index contributed by atoms with van der Waals surface area (Å²) in [5.74, 6) is 2.70. The summed E-state index contributed by atoms with van der Waals surface area (Å²) in [5.41, 5.74) is 0.216. The maximum atomic E-state index is 11.4. The molecular formula is C27H48O4. The molecule has 4 fully saturated rings. The Kier molecular flexibility index (Phi) is 6.62. The van der Waals surface area contributed by atoms with Gasteiger partial charge in [-0.25, -0.2) is 0 Å². The predicted octanol–water partition coefficient (Wildman–Crippen LogP) is 4.38. The second kappa shape index (κ2) is 8.56. The quantitative estimate of drug-likeness (QED) is 0.515. The largest absolute Gasteiger partial charge is 0.393 e. The number of fused-ring (bicyclic) bond motifs is 5. The fraction of sp³-hybridized carbons (Fsp3) is 1.00. The fourth-order valence-corrected chi connectivity index (χ4v) is 9.24. The van der Waals surface area contributed by atoms with Crippen LogP contribution < -0.4 is 0 Å². The van der Waals surface area contributed by atoms with Crippen LogP contribution in [0.4, 0.5) is 0 Å². The van der Waals surface area contributed by atoms with Crippen molar-refractivity contribution < 1.29 is 20.4 Å². The zero-order valence-electron chi connectivity index (χ0n) is 20.5. The third kappa shape index (κ3) is 3.92. The fourth-order valence-electron chi connectivity index (χ4n) is 9.24. The molecule has 0 radical (unpaired) electrons. The summed E-state index contributed by atoms with van der Waals surface area (Å²) in [6.45, 7) is 11.3. The molecule has 0 amide bonds. The Labute approximate surface area is 189 Å². The third-order valence-electron chi connectivity index (χ3n) is 11.1. The summed E-state index contributed by atoms with van der Waals surface area (Å²) >= 11 is 0. The Morgan fingerprint density at radius 3 is 2.16 bits per heavy atom. The molecule has 4 heteroatoms. The van der Waals surface area contributed by atoms with Gasteiger partial charge in [-0.15, -0.1) is 0 Å². The lowest BCUT2D eigenvalue weighted by Crippen LogP contribution is -2.59. The van der Waals surface area contributed by atoms with E-state index in [-0.39, 0.29) is 47.1 Å². The lowest BCUT2D eigenvalue weighted by Gasteiger charge is -2.62. The molecule has 12 atom stereocenters. The van der Waals surface area contributed by atoms with E-state index >= 15 is 0 Å². The van der Waals surface area contributed by atoms with Gasteiger partial charge in [-0.1, -0.05) is 34.6 Å². The highest BCUT2D eigenvalue weighted by Crippen LogP contribution is 2.68. The maximum Gasteiger partial charge on any atom is 0.0579 e. The molecule has 0 spiro atoms. The van der Waals surface area contributed by atoms with Crippen molar-refractivity contribution in [1.82, 2.24) is 0 Å². The molecule has 4 rings (SSSR count). The molecule has 0 saturated heterocycles. The van der Waals surface area contributed by atoms with Gasteiger partial charge < -0.3 is 20.4 Å². The minimum absolute atomic E-state index is 0.0910. The first-order chi connectivity index (χ1) is 14.5. The van der Waals surface area contributed by atoms with Crippen LogP contribution in [-0.4, -0.2) is 44.8 Å². The van der Waals surface area contributed by atoms with Crippen LogP contribution >= 0.6 is 0 Å². The number of hydrogen-bond acceptors (Lipinski definition) is 4. The molecular weight excluding hydrogens is 388 g/mol. The highest BCUT2D eigenvalue weighted by Gasteiger charge is 2.64. The minimum Gasteiger partial charge on any atom is -0.393 e. The average Bonchev–Trinajstić information content (AvgIpc) is 2.98. The minimum atomic E-state index is -0.353. The summed E-state index contributed by atoms with van der Waals surface area (Å²) in [7, 11) is 0. The van der Waals surface area contributed by atoms with Gasteiger partial charge in [0.25, 0.3) is 0 Å². The molecule has 4 aliphatic rings. The van der Waals surface area contributed by atoms with Crippen molar-refractivity contribution in [3.05, 3.63) is 0 Å². The summed E-state index contributed by atoms with van der Waals surface area (Å²) in [6.07, 6.45) is 7.36. The monoisotopic (exact) mass is 436 g/mol. The summed E-state index contributed by atoms with van der Waals surface area (Å²) in [6, 6.07) is 0. The smallest absolute Gasteiger partial charge is 0.0579 e. The van der Waals surface area contributed by atoms with Gasteiger partial charge in [-0.2, -0.15) is 0 Å². The predicted molar refractivity (Wildman–Crippen MR) is 123 cm³/mol. The van der Waals surface area contributed by atoms with E-state index in [0.717, 1.165) is 44.9 Å². The number of rotatable bonds is 5. The van der Waals surface area contributed by atoms with Gasteiger partial charge in [-0.3, -0.25) is 0 Å². The number of aliphatic hydroxyl groups excluding tert-OH is 4. The second-order valence-corrected chi connectivity index (χ2v) is 13.0. The maximum absolute atomic E-state index is 11.4. The van der Waals surface area contributed by atoms with Crippen molar-refractivity contribution in [1.29, 1.82) is 0 Å². The van der Waals surface area contributed by atoms with Crippen molar-refractivity contribution in [2.24, 2.45) is 52.3 Å². The third-order valence-corrected chi connectivity index (χ3v) is 11.1. The van der Waals surface area contributed by atoms with E-state index in [1.54, 1.807) is 0 Å². The number of aliphatic hydroxyl groups is 4. The zero-order valence-corrected chi connectivity index (χ0v) is 20.5. The van der Waals surface area contributed by atoms with Crippen LogP contribution in [0, 0.1) is 52.3 Å². The Morgan fingerprint density at radius 1 is 0.806 bits per heavy atom. The van der Waals surface area contributed by atoms with Gasteiger partial charge in [0.05, 0.1) is 24.4 Å². The lowest BCUT2D eigenvalue weighted by atomic mass is 9.43. The van der Waals surface area contributed by atoms with Crippen LogP contribution in [0.3, 0.4) is 0 Å². The SMILES string of the molecule is CC(C)[C@@H](O)CC[C@@H](C)C1C[C@@H](O)C2[C@@H]3C[C@H](O)C4C[C@@H](O)CC[C@]4(C)C3CC[C@]12C. The highest BCUT2D eigenvalue weighted by molar-refractivity contribution is 5.13. The molecule has 31 heavy (non-hydrogen) atoms. The van der Waals surface area contributed by atoms with E-state index in [0.29, 0.717) is 29.6 Å². The molecule has 0 aromatic heterocycles. The van der Waals surface area contributed by atoms with E-state index in [9.17, 15) is 20.4 Å². The molecule has 4 nitrogen and oxygen atoms in total.